The molecule has 3 aromatic rings. The average Bonchev–Trinajstić information content (AvgIpc) is 2.67. The molecule has 6 heteroatoms. The van der Waals surface area contributed by atoms with Gasteiger partial charge in [0.1, 0.15) is 0 Å². The summed E-state index contributed by atoms with van der Waals surface area (Å²) >= 11 is 0. The molecular weight excluding hydrogens is 332 g/mol. The van der Waals surface area contributed by atoms with Gasteiger partial charge >= 0.3 is 5.97 Å². The molecule has 0 saturated heterocycles. The number of carbonyl (C=O) groups excluding carboxylic acids is 2. The third kappa shape index (κ3) is 3.39. The second kappa shape index (κ2) is 7.31. The van der Waals surface area contributed by atoms with Crippen molar-refractivity contribution in [1.82, 2.24) is 9.78 Å². The van der Waals surface area contributed by atoms with E-state index < -0.39 is 5.97 Å². The number of nitrogens with zero attached hydrogens (tertiary/aromatic N) is 2. The van der Waals surface area contributed by atoms with Crippen molar-refractivity contribution >= 4 is 22.5 Å². The number of hydrogen-bond donors (Lipinski definition) is 0. The largest absolute Gasteiger partial charge is 0.452 e. The molecule has 0 aliphatic rings. The Bertz CT molecular complexity index is 1040. The summed E-state index contributed by atoms with van der Waals surface area (Å²) < 4.78 is 6.36. The highest BCUT2D eigenvalue weighted by atomic mass is 16.5. The Morgan fingerprint density at radius 2 is 1.69 bits per heavy atom. The maximum Gasteiger partial charge on any atom is 0.359 e. The van der Waals surface area contributed by atoms with Crippen LogP contribution in [0.2, 0.25) is 0 Å². The molecule has 6 nitrogen and oxygen atoms in total. The topological polar surface area (TPSA) is 78.3 Å². The molecular formula is C20H18N2O4. The Balaban J connectivity index is 1.86. The molecule has 1 aromatic heterocycles. The van der Waals surface area contributed by atoms with Crippen molar-refractivity contribution in [3.05, 3.63) is 75.7 Å². The molecule has 0 N–H and O–H groups in total. The van der Waals surface area contributed by atoms with E-state index in [9.17, 15) is 14.4 Å². The monoisotopic (exact) mass is 350 g/mol. The summed E-state index contributed by atoms with van der Waals surface area (Å²) in [7, 11) is 0. The number of ketones is 1. The van der Waals surface area contributed by atoms with E-state index in [-0.39, 0.29) is 23.6 Å². The Morgan fingerprint density at radius 3 is 2.35 bits per heavy atom. The third-order valence-electron chi connectivity index (χ3n) is 4.07. The Morgan fingerprint density at radius 1 is 1.04 bits per heavy atom. The molecule has 0 fully saturated rings. The van der Waals surface area contributed by atoms with E-state index >= 15 is 0 Å². The summed E-state index contributed by atoms with van der Waals surface area (Å²) in [4.78, 5) is 37.0. The van der Waals surface area contributed by atoms with E-state index in [0.717, 1.165) is 5.56 Å². The summed E-state index contributed by atoms with van der Waals surface area (Å²) in [5, 5.41) is 4.90. The molecule has 0 radical (unpaired) electrons. The van der Waals surface area contributed by atoms with Crippen molar-refractivity contribution in [3.63, 3.8) is 0 Å². The molecule has 0 spiro atoms. The van der Waals surface area contributed by atoms with E-state index in [2.05, 4.69) is 5.10 Å². The fourth-order valence-corrected chi connectivity index (χ4v) is 2.62. The number of ether oxygens (including phenoxy) is 1. The van der Waals surface area contributed by atoms with Crippen LogP contribution in [0, 0.1) is 6.92 Å². The minimum absolute atomic E-state index is 0.0266. The second-order valence-electron chi connectivity index (χ2n) is 5.88. The van der Waals surface area contributed by atoms with E-state index in [0.29, 0.717) is 22.9 Å². The summed E-state index contributed by atoms with van der Waals surface area (Å²) in [5.41, 5.74) is 1.27. The predicted octanol–water partition coefficient (Wildman–Crippen LogP) is 2.76. The zero-order chi connectivity index (χ0) is 18.7. The first-order chi connectivity index (χ1) is 12.5. The summed E-state index contributed by atoms with van der Waals surface area (Å²) in [5.74, 6) is -1.03. The van der Waals surface area contributed by atoms with Crippen molar-refractivity contribution in [1.29, 1.82) is 0 Å². The third-order valence-corrected chi connectivity index (χ3v) is 4.07. The predicted molar refractivity (Wildman–Crippen MR) is 97.5 cm³/mol. The van der Waals surface area contributed by atoms with Crippen LogP contribution in [0.15, 0.2) is 53.3 Å². The molecule has 0 aliphatic carbocycles. The Hall–Kier alpha value is -3.28. The highest BCUT2D eigenvalue weighted by Crippen LogP contribution is 2.14. The Labute approximate surface area is 150 Å². The molecule has 1 heterocycles. The molecule has 0 atom stereocenters. The lowest BCUT2D eigenvalue weighted by molar-refractivity contribution is 0.0468. The number of aryl methyl sites for hydroxylation is 2. The lowest BCUT2D eigenvalue weighted by atomic mass is 10.1. The van der Waals surface area contributed by atoms with Gasteiger partial charge in [0.2, 0.25) is 0 Å². The molecule has 0 amide bonds. The zero-order valence-electron chi connectivity index (χ0n) is 14.6. The zero-order valence-corrected chi connectivity index (χ0v) is 14.6. The maximum absolute atomic E-state index is 12.5. The molecule has 2 aromatic carbocycles. The summed E-state index contributed by atoms with van der Waals surface area (Å²) in [6, 6.07) is 13.7. The lowest BCUT2D eigenvalue weighted by Gasteiger charge is -2.09. The van der Waals surface area contributed by atoms with Crippen LogP contribution in [0.5, 0.6) is 0 Å². The van der Waals surface area contributed by atoms with Crippen molar-refractivity contribution in [2.24, 2.45) is 0 Å². The average molecular weight is 350 g/mol. The van der Waals surface area contributed by atoms with Gasteiger partial charge in [0.15, 0.2) is 18.1 Å². The number of Topliss-reactive ketones (excluding diaryl/α,β-unsaturated/α-hetero) is 1. The highest BCUT2D eigenvalue weighted by molar-refractivity contribution is 6.04. The SMILES string of the molecule is CCn1nc(C(=O)OCC(=O)c2ccc(C)cc2)c2ccccc2c1=O. The van der Waals surface area contributed by atoms with E-state index in [1.807, 2.05) is 19.1 Å². The van der Waals surface area contributed by atoms with Crippen LogP contribution in [-0.2, 0) is 11.3 Å². The van der Waals surface area contributed by atoms with Gasteiger partial charge in [-0.2, -0.15) is 5.10 Å². The molecule has 132 valence electrons. The standard InChI is InChI=1S/C20H18N2O4/c1-3-22-19(24)16-7-5-4-6-15(16)18(21-22)20(25)26-12-17(23)14-10-8-13(2)9-11-14/h4-11H,3,12H2,1-2H3. The van der Waals surface area contributed by atoms with Gasteiger partial charge in [-0.15, -0.1) is 0 Å². The van der Waals surface area contributed by atoms with Crippen LogP contribution < -0.4 is 5.56 Å². The normalized spacial score (nSPS) is 10.7. The van der Waals surface area contributed by atoms with Gasteiger partial charge in [-0.05, 0) is 19.9 Å². The number of benzene rings is 2. The number of hydrogen-bond acceptors (Lipinski definition) is 5. The van der Waals surface area contributed by atoms with Crippen LogP contribution in [0.1, 0.15) is 33.3 Å². The van der Waals surface area contributed by atoms with Gasteiger partial charge in [-0.1, -0.05) is 48.0 Å². The number of rotatable bonds is 5. The van der Waals surface area contributed by atoms with Crippen LogP contribution >= 0.6 is 0 Å². The van der Waals surface area contributed by atoms with E-state index in [1.54, 1.807) is 43.3 Å². The minimum Gasteiger partial charge on any atom is -0.452 e. The van der Waals surface area contributed by atoms with Crippen LogP contribution in [0.25, 0.3) is 10.8 Å². The maximum atomic E-state index is 12.5. The number of esters is 1. The number of fused-ring (bicyclic) bond motifs is 1. The number of carbonyl (C=O) groups is 2. The van der Waals surface area contributed by atoms with Gasteiger partial charge in [0.25, 0.3) is 5.56 Å². The number of aromatic nitrogens is 2. The molecule has 0 saturated carbocycles. The molecule has 3 rings (SSSR count). The first-order valence-corrected chi connectivity index (χ1v) is 8.28. The van der Waals surface area contributed by atoms with Crippen molar-refractivity contribution in [2.45, 2.75) is 20.4 Å². The molecule has 0 aliphatic heterocycles. The van der Waals surface area contributed by atoms with Crippen molar-refractivity contribution in [3.8, 4) is 0 Å². The van der Waals surface area contributed by atoms with Gasteiger partial charge in [-0.3, -0.25) is 9.59 Å². The molecule has 26 heavy (non-hydrogen) atoms. The highest BCUT2D eigenvalue weighted by Gasteiger charge is 2.19. The van der Waals surface area contributed by atoms with Crippen LogP contribution in [0.3, 0.4) is 0 Å². The second-order valence-corrected chi connectivity index (χ2v) is 5.88. The minimum atomic E-state index is -0.733. The van der Waals surface area contributed by atoms with Gasteiger partial charge in [0, 0.05) is 17.5 Å². The van der Waals surface area contributed by atoms with Crippen molar-refractivity contribution < 1.29 is 14.3 Å². The van der Waals surface area contributed by atoms with Gasteiger partial charge in [-0.25, -0.2) is 9.48 Å². The van der Waals surface area contributed by atoms with Crippen LogP contribution in [0.4, 0.5) is 0 Å². The first-order valence-electron chi connectivity index (χ1n) is 8.28. The van der Waals surface area contributed by atoms with E-state index in [4.69, 9.17) is 4.74 Å². The van der Waals surface area contributed by atoms with Crippen molar-refractivity contribution in [2.75, 3.05) is 6.61 Å². The van der Waals surface area contributed by atoms with Gasteiger partial charge < -0.3 is 4.74 Å². The van der Waals surface area contributed by atoms with E-state index in [1.165, 1.54) is 4.68 Å². The lowest BCUT2D eigenvalue weighted by Crippen LogP contribution is -2.26. The fourth-order valence-electron chi connectivity index (χ4n) is 2.62. The summed E-state index contributed by atoms with van der Waals surface area (Å²) in [6.45, 7) is 3.63. The molecule has 0 unspecified atom stereocenters. The van der Waals surface area contributed by atoms with Crippen LogP contribution in [-0.4, -0.2) is 28.1 Å². The first kappa shape index (κ1) is 17.5. The Kier molecular flexibility index (Phi) is 4.93. The smallest absolute Gasteiger partial charge is 0.359 e. The summed E-state index contributed by atoms with van der Waals surface area (Å²) in [6.07, 6.45) is 0. The molecule has 0 bridgehead atoms. The fraction of sp³-hybridized carbons (Fsp3) is 0.200. The quantitative estimate of drug-likeness (QED) is 0.522. The van der Waals surface area contributed by atoms with Gasteiger partial charge in [0.05, 0.1) is 5.39 Å².